The molecule has 1 aliphatic carbocycles. The smallest absolute Gasteiger partial charge is 0.353 e. The summed E-state index contributed by atoms with van der Waals surface area (Å²) in [5.74, 6) is -2.00. The monoisotopic (exact) mass is 421 g/mol. The van der Waals surface area contributed by atoms with Gasteiger partial charge in [-0.2, -0.15) is 0 Å². The Morgan fingerprint density at radius 2 is 1.87 bits per heavy atom. The second kappa shape index (κ2) is 8.83. The first-order chi connectivity index (χ1) is 14.7. The van der Waals surface area contributed by atoms with Crippen LogP contribution in [0.1, 0.15) is 41.3 Å². The van der Waals surface area contributed by atoms with Crippen molar-refractivity contribution >= 4 is 29.3 Å². The van der Waals surface area contributed by atoms with E-state index in [9.17, 15) is 19.2 Å². The lowest BCUT2D eigenvalue weighted by molar-refractivity contribution is -0.137. The minimum Gasteiger partial charge on any atom is -0.464 e. The van der Waals surface area contributed by atoms with E-state index in [0.29, 0.717) is 5.56 Å². The standard InChI is InChI=1S/C23H23N3O5/c1-13(23(30)31-4)24-21(28)14(2)26-12-20-18(9-6-10-19(20)22(26)29)16-7-5-8-17(11-16)25-15(3)27/h6-7,9-11H,1-2,5,8,12H2,3-4H3,(H,24,28)(H,25,27). The number of benzene rings is 1. The third-order valence-electron chi connectivity index (χ3n) is 5.01. The van der Waals surface area contributed by atoms with Crippen LogP contribution in [0.25, 0.3) is 5.57 Å². The first-order valence-corrected chi connectivity index (χ1v) is 9.62. The second-order valence-electron chi connectivity index (χ2n) is 7.14. The number of fused-ring (bicyclic) bond motifs is 1. The van der Waals surface area contributed by atoms with Gasteiger partial charge in [0, 0.05) is 18.2 Å². The maximum atomic E-state index is 12.9. The van der Waals surface area contributed by atoms with E-state index in [2.05, 4.69) is 34.6 Å². The minimum atomic E-state index is -0.787. The Bertz CT molecular complexity index is 1080. The quantitative estimate of drug-likeness (QED) is 0.541. The molecule has 2 N–H and O–H groups in total. The van der Waals surface area contributed by atoms with Gasteiger partial charge in [-0.15, -0.1) is 0 Å². The molecule has 3 rings (SSSR count). The van der Waals surface area contributed by atoms with Gasteiger partial charge in [-0.25, -0.2) is 4.79 Å². The van der Waals surface area contributed by atoms with Crippen molar-refractivity contribution in [3.05, 3.63) is 77.3 Å². The third-order valence-corrected chi connectivity index (χ3v) is 5.01. The van der Waals surface area contributed by atoms with E-state index >= 15 is 0 Å². The van der Waals surface area contributed by atoms with Crippen LogP contribution in [0.4, 0.5) is 0 Å². The number of hydrogen-bond donors (Lipinski definition) is 2. The van der Waals surface area contributed by atoms with Gasteiger partial charge in [0.05, 0.1) is 13.7 Å². The Morgan fingerprint density at radius 1 is 1.16 bits per heavy atom. The maximum Gasteiger partial charge on any atom is 0.353 e. The molecule has 0 spiro atoms. The van der Waals surface area contributed by atoms with Gasteiger partial charge in [-0.05, 0) is 41.7 Å². The Labute approximate surface area is 179 Å². The molecule has 1 heterocycles. The predicted molar refractivity (Wildman–Crippen MR) is 114 cm³/mol. The van der Waals surface area contributed by atoms with E-state index in [0.717, 1.165) is 35.2 Å². The fourth-order valence-corrected chi connectivity index (χ4v) is 3.54. The summed E-state index contributed by atoms with van der Waals surface area (Å²) in [6, 6.07) is 5.37. The molecule has 8 nitrogen and oxygen atoms in total. The van der Waals surface area contributed by atoms with Gasteiger partial charge in [-0.3, -0.25) is 19.3 Å². The molecule has 0 bridgehead atoms. The van der Waals surface area contributed by atoms with Gasteiger partial charge in [0.1, 0.15) is 11.4 Å². The van der Waals surface area contributed by atoms with Crippen LogP contribution in [0, 0.1) is 0 Å². The zero-order chi connectivity index (χ0) is 22.7. The van der Waals surface area contributed by atoms with Crippen LogP contribution in [-0.4, -0.2) is 35.7 Å². The Balaban J connectivity index is 1.84. The molecule has 0 saturated carbocycles. The Morgan fingerprint density at radius 3 is 2.55 bits per heavy atom. The van der Waals surface area contributed by atoms with Crippen molar-refractivity contribution in [2.45, 2.75) is 26.3 Å². The molecule has 3 amide bonds. The lowest BCUT2D eigenvalue weighted by atomic mass is 9.92. The molecule has 160 valence electrons. The summed E-state index contributed by atoms with van der Waals surface area (Å²) < 4.78 is 4.50. The molecule has 0 fully saturated rings. The summed E-state index contributed by atoms with van der Waals surface area (Å²) in [6.07, 6.45) is 5.43. The molecule has 1 aromatic carbocycles. The molecular weight excluding hydrogens is 398 g/mol. The largest absolute Gasteiger partial charge is 0.464 e. The van der Waals surface area contributed by atoms with Gasteiger partial charge >= 0.3 is 5.97 Å². The average molecular weight is 421 g/mol. The van der Waals surface area contributed by atoms with Crippen molar-refractivity contribution < 1.29 is 23.9 Å². The van der Waals surface area contributed by atoms with Crippen molar-refractivity contribution in [2.75, 3.05) is 7.11 Å². The number of nitrogens with one attached hydrogen (secondary N) is 2. The van der Waals surface area contributed by atoms with Crippen LogP contribution in [0.2, 0.25) is 0 Å². The minimum absolute atomic E-state index is 0.107. The predicted octanol–water partition coefficient (Wildman–Crippen LogP) is 2.16. The van der Waals surface area contributed by atoms with Gasteiger partial charge in [-0.1, -0.05) is 31.4 Å². The van der Waals surface area contributed by atoms with Crippen molar-refractivity contribution in [2.24, 2.45) is 0 Å². The average Bonchev–Trinajstić information content (AvgIpc) is 3.08. The molecule has 2 aliphatic rings. The van der Waals surface area contributed by atoms with Crippen LogP contribution in [-0.2, 0) is 25.7 Å². The summed E-state index contributed by atoms with van der Waals surface area (Å²) in [4.78, 5) is 49.5. The van der Waals surface area contributed by atoms with E-state index in [-0.39, 0.29) is 29.8 Å². The Kier molecular flexibility index (Phi) is 6.20. The van der Waals surface area contributed by atoms with E-state index < -0.39 is 11.9 Å². The van der Waals surface area contributed by atoms with Crippen molar-refractivity contribution in [1.82, 2.24) is 15.5 Å². The number of hydrogen-bond acceptors (Lipinski definition) is 5. The first-order valence-electron chi connectivity index (χ1n) is 9.62. The molecule has 0 atom stereocenters. The van der Waals surface area contributed by atoms with Crippen LogP contribution in [0.15, 0.2) is 60.6 Å². The number of amides is 3. The van der Waals surface area contributed by atoms with Crippen LogP contribution in [0.5, 0.6) is 0 Å². The Hall–Kier alpha value is -3.94. The first kappa shape index (κ1) is 21.8. The number of ether oxygens (including phenoxy) is 1. The van der Waals surface area contributed by atoms with Crippen molar-refractivity contribution in [1.29, 1.82) is 0 Å². The zero-order valence-corrected chi connectivity index (χ0v) is 17.4. The number of esters is 1. The third kappa shape index (κ3) is 4.48. The SMILES string of the molecule is C=C(NC(=O)C(=C)N1Cc2c(cccc2C2=CCCC(NC(C)=O)=C2)C1=O)C(=O)OC. The van der Waals surface area contributed by atoms with Gasteiger partial charge in [0.15, 0.2) is 0 Å². The van der Waals surface area contributed by atoms with E-state index in [1.807, 2.05) is 12.1 Å². The fraction of sp³-hybridized carbons (Fsp3) is 0.217. The summed E-state index contributed by atoms with van der Waals surface area (Å²) >= 11 is 0. The van der Waals surface area contributed by atoms with E-state index in [1.54, 1.807) is 12.1 Å². The highest BCUT2D eigenvalue weighted by atomic mass is 16.5. The molecule has 0 aromatic heterocycles. The molecule has 31 heavy (non-hydrogen) atoms. The number of carbonyl (C=O) groups is 4. The topological polar surface area (TPSA) is 105 Å². The second-order valence-corrected chi connectivity index (χ2v) is 7.14. The fourth-order valence-electron chi connectivity index (χ4n) is 3.54. The number of nitrogens with zero attached hydrogens (tertiary/aromatic N) is 1. The summed E-state index contributed by atoms with van der Waals surface area (Å²) in [5, 5.41) is 5.12. The maximum absolute atomic E-state index is 12.9. The van der Waals surface area contributed by atoms with Crippen molar-refractivity contribution in [3.8, 4) is 0 Å². The highest BCUT2D eigenvalue weighted by Crippen LogP contribution is 2.34. The van der Waals surface area contributed by atoms with Gasteiger partial charge in [0.25, 0.3) is 11.8 Å². The number of allylic oxidation sites excluding steroid dienone is 4. The highest BCUT2D eigenvalue weighted by Gasteiger charge is 2.34. The lowest BCUT2D eigenvalue weighted by Gasteiger charge is -2.19. The van der Waals surface area contributed by atoms with E-state index in [4.69, 9.17) is 0 Å². The van der Waals surface area contributed by atoms with E-state index in [1.165, 1.54) is 18.9 Å². The van der Waals surface area contributed by atoms with Crippen LogP contribution >= 0.6 is 0 Å². The normalized spacial score (nSPS) is 14.8. The number of rotatable bonds is 6. The summed E-state index contributed by atoms with van der Waals surface area (Å²) in [5.41, 5.74) is 3.44. The number of carbonyl (C=O) groups excluding carboxylic acids is 4. The van der Waals surface area contributed by atoms with Crippen molar-refractivity contribution in [3.63, 3.8) is 0 Å². The molecule has 0 radical (unpaired) electrons. The van der Waals surface area contributed by atoms with Gasteiger partial charge in [0.2, 0.25) is 5.91 Å². The number of methoxy groups -OCH3 is 1. The molecule has 8 heteroatoms. The lowest BCUT2D eigenvalue weighted by Crippen LogP contribution is -2.36. The van der Waals surface area contributed by atoms with Gasteiger partial charge < -0.3 is 15.4 Å². The summed E-state index contributed by atoms with van der Waals surface area (Å²) in [6.45, 7) is 8.78. The molecule has 0 saturated heterocycles. The zero-order valence-electron chi connectivity index (χ0n) is 17.4. The molecule has 1 aliphatic heterocycles. The van der Waals surface area contributed by atoms with Crippen LogP contribution < -0.4 is 10.6 Å². The molecular formula is C23H23N3O5. The van der Waals surface area contributed by atoms with Crippen LogP contribution in [0.3, 0.4) is 0 Å². The summed E-state index contributed by atoms with van der Waals surface area (Å²) in [7, 11) is 1.17. The highest BCUT2D eigenvalue weighted by molar-refractivity contribution is 6.07. The molecule has 0 unspecified atom stereocenters. The molecule has 1 aromatic rings.